The SMILES string of the molecule is COC(=O)C(C)NS(=O)(=O)c1ccc(Br)c2ccccc12. The molecule has 2 aromatic carbocycles. The van der Waals surface area contributed by atoms with E-state index in [0.717, 1.165) is 9.86 Å². The molecule has 0 aliphatic carbocycles. The first-order chi connectivity index (χ1) is 9.86. The molecule has 1 atom stereocenters. The van der Waals surface area contributed by atoms with Gasteiger partial charge in [0.2, 0.25) is 10.0 Å². The van der Waals surface area contributed by atoms with Crippen LogP contribution in [-0.4, -0.2) is 27.5 Å². The lowest BCUT2D eigenvalue weighted by atomic mass is 10.1. The van der Waals surface area contributed by atoms with E-state index in [1.807, 2.05) is 12.1 Å². The first-order valence-corrected chi connectivity index (χ1v) is 8.42. The molecule has 0 aliphatic rings. The van der Waals surface area contributed by atoms with Crippen molar-refractivity contribution in [1.82, 2.24) is 4.72 Å². The number of fused-ring (bicyclic) bond motifs is 1. The highest BCUT2D eigenvalue weighted by Gasteiger charge is 2.24. The minimum atomic E-state index is -3.83. The molecule has 2 aromatic rings. The van der Waals surface area contributed by atoms with Crippen LogP contribution in [0.5, 0.6) is 0 Å². The average molecular weight is 372 g/mol. The van der Waals surface area contributed by atoms with E-state index in [9.17, 15) is 13.2 Å². The van der Waals surface area contributed by atoms with Gasteiger partial charge in [0.1, 0.15) is 6.04 Å². The summed E-state index contributed by atoms with van der Waals surface area (Å²) in [6.45, 7) is 1.43. The van der Waals surface area contributed by atoms with Gasteiger partial charge in [-0.3, -0.25) is 4.79 Å². The van der Waals surface area contributed by atoms with Gasteiger partial charge >= 0.3 is 5.97 Å². The molecule has 2 rings (SSSR count). The topological polar surface area (TPSA) is 72.5 Å². The quantitative estimate of drug-likeness (QED) is 0.837. The van der Waals surface area contributed by atoms with E-state index in [4.69, 9.17) is 0 Å². The molecule has 0 saturated carbocycles. The number of carbonyl (C=O) groups excluding carboxylic acids is 1. The van der Waals surface area contributed by atoms with Crippen LogP contribution in [0.2, 0.25) is 0 Å². The summed E-state index contributed by atoms with van der Waals surface area (Å²) in [5, 5.41) is 1.36. The van der Waals surface area contributed by atoms with Crippen molar-refractivity contribution in [2.24, 2.45) is 0 Å². The van der Waals surface area contributed by atoms with Gasteiger partial charge in [-0.25, -0.2) is 8.42 Å². The van der Waals surface area contributed by atoms with Crippen molar-refractivity contribution in [1.29, 1.82) is 0 Å². The van der Waals surface area contributed by atoms with Gasteiger partial charge in [-0.05, 0) is 24.4 Å². The summed E-state index contributed by atoms with van der Waals surface area (Å²) >= 11 is 3.39. The number of hydrogen-bond acceptors (Lipinski definition) is 4. The van der Waals surface area contributed by atoms with Gasteiger partial charge in [0.15, 0.2) is 0 Å². The zero-order valence-electron chi connectivity index (χ0n) is 11.5. The van der Waals surface area contributed by atoms with Crippen LogP contribution in [0.1, 0.15) is 6.92 Å². The van der Waals surface area contributed by atoms with E-state index in [-0.39, 0.29) is 4.90 Å². The van der Waals surface area contributed by atoms with E-state index in [1.54, 1.807) is 18.2 Å². The minimum absolute atomic E-state index is 0.122. The Labute approximate surface area is 131 Å². The van der Waals surface area contributed by atoms with Gasteiger partial charge in [-0.1, -0.05) is 40.2 Å². The van der Waals surface area contributed by atoms with Crippen LogP contribution >= 0.6 is 15.9 Å². The third-order valence-electron chi connectivity index (χ3n) is 3.01. The van der Waals surface area contributed by atoms with Gasteiger partial charge in [-0.15, -0.1) is 0 Å². The second-order valence-corrected chi connectivity index (χ2v) is 6.99. The molecule has 7 heteroatoms. The second kappa shape index (κ2) is 6.13. The number of rotatable bonds is 4. The standard InChI is InChI=1S/C14H14BrNO4S/c1-9(14(17)20-2)16-21(18,19)13-8-7-12(15)10-5-3-4-6-11(10)13/h3-9,16H,1-2H3. The van der Waals surface area contributed by atoms with Crippen molar-refractivity contribution in [3.8, 4) is 0 Å². The lowest BCUT2D eigenvalue weighted by Gasteiger charge is -2.14. The van der Waals surface area contributed by atoms with Crippen molar-refractivity contribution < 1.29 is 17.9 Å². The van der Waals surface area contributed by atoms with Gasteiger partial charge in [-0.2, -0.15) is 4.72 Å². The Kier molecular flexibility index (Phi) is 4.65. The summed E-state index contributed by atoms with van der Waals surface area (Å²) in [7, 11) is -2.62. The summed E-state index contributed by atoms with van der Waals surface area (Å²) in [4.78, 5) is 11.5. The first-order valence-electron chi connectivity index (χ1n) is 6.14. The Bertz CT molecular complexity index is 789. The highest BCUT2D eigenvalue weighted by atomic mass is 79.9. The molecule has 0 bridgehead atoms. The maximum absolute atomic E-state index is 12.5. The fourth-order valence-corrected chi connectivity index (χ4v) is 3.87. The highest BCUT2D eigenvalue weighted by Crippen LogP contribution is 2.29. The summed E-state index contributed by atoms with van der Waals surface area (Å²) in [5.41, 5.74) is 0. The molecule has 0 aliphatic heterocycles. The molecular formula is C14H14BrNO4S. The van der Waals surface area contributed by atoms with Crippen LogP contribution in [0.25, 0.3) is 10.8 Å². The molecule has 0 heterocycles. The van der Waals surface area contributed by atoms with Crippen molar-refractivity contribution in [3.63, 3.8) is 0 Å². The van der Waals surface area contributed by atoms with Crippen LogP contribution in [0, 0.1) is 0 Å². The monoisotopic (exact) mass is 371 g/mol. The van der Waals surface area contributed by atoms with Crippen molar-refractivity contribution in [2.75, 3.05) is 7.11 Å². The molecule has 0 spiro atoms. The van der Waals surface area contributed by atoms with Crippen LogP contribution in [0.4, 0.5) is 0 Å². The number of sulfonamides is 1. The van der Waals surface area contributed by atoms with Crippen molar-refractivity contribution in [2.45, 2.75) is 17.9 Å². The van der Waals surface area contributed by atoms with Crippen LogP contribution in [0.3, 0.4) is 0 Å². The number of halogens is 1. The minimum Gasteiger partial charge on any atom is -0.468 e. The Balaban J connectivity index is 2.51. The highest BCUT2D eigenvalue weighted by molar-refractivity contribution is 9.10. The van der Waals surface area contributed by atoms with E-state index >= 15 is 0 Å². The molecule has 0 aromatic heterocycles. The summed E-state index contributed by atoms with van der Waals surface area (Å²) in [5.74, 6) is -0.639. The Morgan fingerprint density at radius 3 is 2.43 bits per heavy atom. The number of nitrogens with one attached hydrogen (secondary N) is 1. The lowest BCUT2D eigenvalue weighted by molar-refractivity contribution is -0.142. The number of ether oxygens (including phenoxy) is 1. The number of hydrogen-bond donors (Lipinski definition) is 1. The predicted octanol–water partition coefficient (Wildman–Crippen LogP) is 2.44. The maximum atomic E-state index is 12.5. The normalized spacial score (nSPS) is 13.1. The van der Waals surface area contributed by atoms with E-state index < -0.39 is 22.0 Å². The number of esters is 1. The van der Waals surface area contributed by atoms with Crippen LogP contribution < -0.4 is 4.72 Å². The fraction of sp³-hybridized carbons (Fsp3) is 0.214. The predicted molar refractivity (Wildman–Crippen MR) is 83.4 cm³/mol. The van der Waals surface area contributed by atoms with Crippen LogP contribution in [0.15, 0.2) is 45.8 Å². The average Bonchev–Trinajstić information content (AvgIpc) is 2.46. The molecular weight excluding hydrogens is 358 g/mol. The summed E-state index contributed by atoms with van der Waals surface area (Å²) in [6.07, 6.45) is 0. The van der Waals surface area contributed by atoms with E-state index in [1.165, 1.54) is 20.1 Å². The molecule has 21 heavy (non-hydrogen) atoms. The van der Waals surface area contributed by atoms with Crippen molar-refractivity contribution in [3.05, 3.63) is 40.9 Å². The second-order valence-electron chi connectivity index (χ2n) is 4.46. The summed E-state index contributed by atoms with van der Waals surface area (Å²) < 4.78 is 32.6. The third-order valence-corrected chi connectivity index (χ3v) is 5.30. The third kappa shape index (κ3) is 3.25. The van der Waals surface area contributed by atoms with Gasteiger partial charge in [0.25, 0.3) is 0 Å². The largest absolute Gasteiger partial charge is 0.468 e. The van der Waals surface area contributed by atoms with Gasteiger partial charge in [0, 0.05) is 9.86 Å². The Morgan fingerprint density at radius 1 is 1.19 bits per heavy atom. The zero-order chi connectivity index (χ0) is 15.6. The number of benzene rings is 2. The Morgan fingerprint density at radius 2 is 1.81 bits per heavy atom. The molecule has 1 unspecified atom stereocenters. The number of carbonyl (C=O) groups is 1. The molecule has 0 amide bonds. The molecule has 0 saturated heterocycles. The molecule has 0 radical (unpaired) electrons. The lowest BCUT2D eigenvalue weighted by Crippen LogP contribution is -2.39. The van der Waals surface area contributed by atoms with Gasteiger partial charge < -0.3 is 4.74 Å². The Hall–Kier alpha value is -1.44. The molecule has 1 N–H and O–H groups in total. The smallest absolute Gasteiger partial charge is 0.323 e. The molecule has 0 fully saturated rings. The maximum Gasteiger partial charge on any atom is 0.323 e. The fourth-order valence-electron chi connectivity index (χ4n) is 1.99. The van der Waals surface area contributed by atoms with Gasteiger partial charge in [0.05, 0.1) is 12.0 Å². The van der Waals surface area contributed by atoms with E-state index in [2.05, 4.69) is 25.4 Å². The van der Waals surface area contributed by atoms with E-state index in [0.29, 0.717) is 5.39 Å². The first kappa shape index (κ1) is 15.9. The summed E-state index contributed by atoms with van der Waals surface area (Å²) in [6, 6.07) is 9.34. The molecule has 112 valence electrons. The zero-order valence-corrected chi connectivity index (χ0v) is 13.9. The van der Waals surface area contributed by atoms with Crippen molar-refractivity contribution >= 4 is 42.7 Å². The number of methoxy groups -OCH3 is 1. The molecule has 5 nitrogen and oxygen atoms in total. The van der Waals surface area contributed by atoms with Crippen LogP contribution in [-0.2, 0) is 19.6 Å².